The van der Waals surface area contributed by atoms with Gasteiger partial charge in [-0.1, -0.05) is 18.2 Å². The normalized spacial score (nSPS) is 34.2. The van der Waals surface area contributed by atoms with Crippen LogP contribution in [0.4, 0.5) is 5.69 Å². The van der Waals surface area contributed by atoms with Crippen molar-refractivity contribution in [3.63, 3.8) is 0 Å². The number of amides is 1. The number of benzene rings is 1. The molecular formula is C15H16N2O3. The zero-order chi connectivity index (χ0) is 13.9. The molecule has 3 aliphatic heterocycles. The standard InChI is InChI=1S/C15H16N2O3/c18-13-6-5-11-14-9(7-12(15(19)20)17(11)13)8-3-1-2-4-10(8)16-14/h1-4,9,11-12,14,16H,5-7H2,(H,19,20)/t9-,11-,12+,14-/m1/s1. The number of rotatable bonds is 1. The monoisotopic (exact) mass is 272 g/mol. The fourth-order valence-corrected chi connectivity index (χ4v) is 4.12. The molecule has 0 aliphatic carbocycles. The SMILES string of the molecule is O=C(O)[C@@H]1C[C@@H]2c3ccccc3N[C@H]2[C@H]2CCC(=O)N21. The van der Waals surface area contributed by atoms with Gasteiger partial charge >= 0.3 is 5.97 Å². The first kappa shape index (κ1) is 11.8. The number of piperidine rings is 1. The van der Waals surface area contributed by atoms with Crippen LogP contribution in [0.25, 0.3) is 0 Å². The second-order valence-corrected chi connectivity index (χ2v) is 5.86. The second-order valence-electron chi connectivity index (χ2n) is 5.86. The fourth-order valence-electron chi connectivity index (χ4n) is 4.12. The number of aliphatic carboxylic acids is 1. The van der Waals surface area contributed by atoms with Crippen molar-refractivity contribution in [3.8, 4) is 0 Å². The number of anilines is 1. The Morgan fingerprint density at radius 3 is 2.95 bits per heavy atom. The Morgan fingerprint density at radius 1 is 1.35 bits per heavy atom. The minimum Gasteiger partial charge on any atom is -0.480 e. The van der Waals surface area contributed by atoms with Crippen molar-refractivity contribution in [2.75, 3.05) is 5.32 Å². The molecule has 5 heteroatoms. The molecule has 0 spiro atoms. The lowest BCUT2D eigenvalue weighted by atomic mass is 9.80. The van der Waals surface area contributed by atoms with Crippen LogP contribution >= 0.6 is 0 Å². The molecule has 104 valence electrons. The number of carbonyl (C=O) groups excluding carboxylic acids is 1. The van der Waals surface area contributed by atoms with Crippen molar-refractivity contribution >= 4 is 17.6 Å². The topological polar surface area (TPSA) is 69.6 Å². The number of hydrogen-bond donors (Lipinski definition) is 2. The van der Waals surface area contributed by atoms with Gasteiger partial charge in [-0.3, -0.25) is 4.79 Å². The third-order valence-corrected chi connectivity index (χ3v) is 4.93. The van der Waals surface area contributed by atoms with Gasteiger partial charge in [0.25, 0.3) is 0 Å². The summed E-state index contributed by atoms with van der Waals surface area (Å²) in [6, 6.07) is 7.57. The van der Waals surface area contributed by atoms with Crippen molar-refractivity contribution in [2.24, 2.45) is 0 Å². The first-order valence-corrected chi connectivity index (χ1v) is 7.06. The van der Waals surface area contributed by atoms with Gasteiger partial charge in [0, 0.05) is 18.0 Å². The van der Waals surface area contributed by atoms with E-state index >= 15 is 0 Å². The molecular weight excluding hydrogens is 256 g/mol. The van der Waals surface area contributed by atoms with Crippen LogP contribution in [-0.4, -0.2) is 40.0 Å². The molecule has 3 aliphatic rings. The molecule has 5 nitrogen and oxygen atoms in total. The Balaban J connectivity index is 1.76. The molecule has 0 radical (unpaired) electrons. The van der Waals surface area contributed by atoms with Crippen molar-refractivity contribution in [1.82, 2.24) is 4.90 Å². The predicted octanol–water partition coefficient (Wildman–Crippen LogP) is 1.41. The molecule has 0 saturated carbocycles. The van der Waals surface area contributed by atoms with Crippen LogP contribution in [0.5, 0.6) is 0 Å². The first-order chi connectivity index (χ1) is 9.66. The molecule has 1 aromatic carbocycles. The van der Waals surface area contributed by atoms with Gasteiger partial charge in [-0.05, 0) is 24.5 Å². The van der Waals surface area contributed by atoms with Gasteiger partial charge in [-0.15, -0.1) is 0 Å². The maximum atomic E-state index is 12.0. The fraction of sp³-hybridized carbons (Fsp3) is 0.467. The lowest BCUT2D eigenvalue weighted by molar-refractivity contribution is -0.152. The molecule has 0 aromatic heterocycles. The molecule has 2 fully saturated rings. The Labute approximate surface area is 116 Å². The molecule has 3 heterocycles. The number of carbonyl (C=O) groups is 2. The molecule has 0 unspecified atom stereocenters. The lowest BCUT2D eigenvalue weighted by Gasteiger charge is -2.42. The molecule has 2 N–H and O–H groups in total. The van der Waals surface area contributed by atoms with E-state index in [1.807, 2.05) is 18.2 Å². The molecule has 4 atom stereocenters. The highest BCUT2D eigenvalue weighted by Crippen LogP contribution is 2.47. The Bertz CT molecular complexity index is 601. The summed E-state index contributed by atoms with van der Waals surface area (Å²) in [5.74, 6) is -0.703. The maximum Gasteiger partial charge on any atom is 0.326 e. The van der Waals surface area contributed by atoms with Crippen molar-refractivity contribution in [3.05, 3.63) is 29.8 Å². The average molecular weight is 272 g/mol. The smallest absolute Gasteiger partial charge is 0.326 e. The molecule has 0 bridgehead atoms. The number of para-hydroxylation sites is 1. The predicted molar refractivity (Wildman–Crippen MR) is 72.5 cm³/mol. The summed E-state index contributed by atoms with van der Waals surface area (Å²) in [5.41, 5.74) is 2.29. The molecule has 1 amide bonds. The Kier molecular flexibility index (Phi) is 2.34. The second kappa shape index (κ2) is 3.98. The summed E-state index contributed by atoms with van der Waals surface area (Å²) < 4.78 is 0. The lowest BCUT2D eigenvalue weighted by Crippen LogP contribution is -2.57. The van der Waals surface area contributed by atoms with Crippen LogP contribution < -0.4 is 5.32 Å². The van der Waals surface area contributed by atoms with Crippen LogP contribution in [0.1, 0.15) is 30.7 Å². The van der Waals surface area contributed by atoms with E-state index in [1.54, 1.807) is 4.90 Å². The Morgan fingerprint density at radius 2 is 2.15 bits per heavy atom. The van der Waals surface area contributed by atoms with Gasteiger partial charge in [0.15, 0.2) is 0 Å². The van der Waals surface area contributed by atoms with Crippen LogP contribution in [0.2, 0.25) is 0 Å². The van der Waals surface area contributed by atoms with Crippen molar-refractivity contribution in [2.45, 2.75) is 43.3 Å². The van der Waals surface area contributed by atoms with E-state index in [4.69, 9.17) is 0 Å². The number of fused-ring (bicyclic) bond motifs is 5. The third kappa shape index (κ3) is 1.43. The first-order valence-electron chi connectivity index (χ1n) is 7.06. The van der Waals surface area contributed by atoms with Gasteiger partial charge in [0.2, 0.25) is 5.91 Å². The van der Waals surface area contributed by atoms with Crippen LogP contribution in [-0.2, 0) is 9.59 Å². The van der Waals surface area contributed by atoms with E-state index in [-0.39, 0.29) is 23.9 Å². The van der Waals surface area contributed by atoms with Crippen LogP contribution in [0.15, 0.2) is 24.3 Å². The zero-order valence-electron chi connectivity index (χ0n) is 11.0. The average Bonchev–Trinajstić information content (AvgIpc) is 2.99. The highest BCUT2D eigenvalue weighted by atomic mass is 16.4. The number of hydrogen-bond acceptors (Lipinski definition) is 3. The molecule has 1 aromatic rings. The minimum atomic E-state index is -0.881. The summed E-state index contributed by atoms with van der Waals surface area (Å²) in [6.07, 6.45) is 1.73. The summed E-state index contributed by atoms with van der Waals surface area (Å²) in [4.78, 5) is 25.2. The zero-order valence-corrected chi connectivity index (χ0v) is 11.0. The van der Waals surface area contributed by atoms with Gasteiger partial charge in [0.1, 0.15) is 6.04 Å². The summed E-state index contributed by atoms with van der Waals surface area (Å²) in [6.45, 7) is 0. The number of carboxylic acid groups (broad SMARTS) is 1. The number of nitrogens with one attached hydrogen (secondary N) is 1. The summed E-state index contributed by atoms with van der Waals surface area (Å²) in [7, 11) is 0. The maximum absolute atomic E-state index is 12.0. The minimum absolute atomic E-state index is 0.00903. The molecule has 2 saturated heterocycles. The van der Waals surface area contributed by atoms with Gasteiger partial charge in [-0.2, -0.15) is 0 Å². The third-order valence-electron chi connectivity index (χ3n) is 4.93. The largest absolute Gasteiger partial charge is 0.480 e. The van der Waals surface area contributed by atoms with Crippen LogP contribution in [0.3, 0.4) is 0 Å². The molecule has 20 heavy (non-hydrogen) atoms. The van der Waals surface area contributed by atoms with Gasteiger partial charge < -0.3 is 15.3 Å². The number of nitrogens with zero attached hydrogens (tertiary/aromatic N) is 1. The highest BCUT2D eigenvalue weighted by molar-refractivity contribution is 5.86. The van der Waals surface area contributed by atoms with Gasteiger partial charge in [-0.25, -0.2) is 4.79 Å². The van der Waals surface area contributed by atoms with E-state index in [0.29, 0.717) is 12.8 Å². The summed E-state index contributed by atoms with van der Waals surface area (Å²) >= 11 is 0. The molecule has 4 rings (SSSR count). The van der Waals surface area contributed by atoms with E-state index in [0.717, 1.165) is 12.1 Å². The quantitative estimate of drug-likeness (QED) is 0.811. The van der Waals surface area contributed by atoms with Crippen LogP contribution in [0, 0.1) is 0 Å². The summed E-state index contributed by atoms with van der Waals surface area (Å²) in [5, 5.41) is 13.0. The van der Waals surface area contributed by atoms with E-state index in [1.165, 1.54) is 5.56 Å². The van der Waals surface area contributed by atoms with E-state index in [2.05, 4.69) is 11.4 Å². The van der Waals surface area contributed by atoms with E-state index < -0.39 is 12.0 Å². The highest BCUT2D eigenvalue weighted by Gasteiger charge is 2.53. The number of carboxylic acids is 1. The van der Waals surface area contributed by atoms with E-state index in [9.17, 15) is 14.7 Å². The Hall–Kier alpha value is -2.04. The van der Waals surface area contributed by atoms with Crippen molar-refractivity contribution in [1.29, 1.82) is 0 Å². The van der Waals surface area contributed by atoms with Crippen molar-refractivity contribution < 1.29 is 14.7 Å². The van der Waals surface area contributed by atoms with Gasteiger partial charge in [0.05, 0.1) is 12.1 Å².